The Bertz CT molecular complexity index is 353. The number of rotatable bonds is 6. The maximum atomic E-state index is 10.6. The van der Waals surface area contributed by atoms with Crippen molar-refractivity contribution < 1.29 is 4.92 Å². The number of benzene rings is 1. The molecule has 88 valence electrons. The molecule has 0 aliphatic heterocycles. The van der Waals surface area contributed by atoms with E-state index in [-0.39, 0.29) is 10.6 Å². The third kappa shape index (κ3) is 3.98. The van der Waals surface area contributed by atoms with Crippen molar-refractivity contribution in [3.8, 4) is 0 Å². The molecule has 0 amide bonds. The van der Waals surface area contributed by atoms with E-state index in [1.54, 1.807) is 12.1 Å². The summed E-state index contributed by atoms with van der Waals surface area (Å²) in [4.78, 5) is 10.2. The Kier molecular flexibility index (Phi) is 4.92. The van der Waals surface area contributed by atoms with Crippen molar-refractivity contribution in [3.05, 3.63) is 39.9 Å². The molecule has 0 radical (unpaired) electrons. The lowest BCUT2D eigenvalue weighted by Gasteiger charge is -2.12. The summed E-state index contributed by atoms with van der Waals surface area (Å²) in [6.07, 6.45) is 2.26. The van der Waals surface area contributed by atoms with Crippen molar-refractivity contribution in [1.82, 2.24) is 5.32 Å². The van der Waals surface area contributed by atoms with Crippen LogP contribution in [0.3, 0.4) is 0 Å². The molecule has 0 aromatic heterocycles. The highest BCUT2D eigenvalue weighted by Crippen LogP contribution is 2.13. The highest BCUT2D eigenvalue weighted by atomic mass is 16.6. The van der Waals surface area contributed by atoms with E-state index in [9.17, 15) is 10.1 Å². The smallest absolute Gasteiger partial charge is 0.269 e. The van der Waals surface area contributed by atoms with E-state index in [1.165, 1.54) is 6.07 Å². The molecule has 0 aliphatic carbocycles. The van der Waals surface area contributed by atoms with Crippen molar-refractivity contribution in [2.75, 3.05) is 0 Å². The molecule has 4 heteroatoms. The lowest BCUT2D eigenvalue weighted by molar-refractivity contribution is -0.384. The molecule has 1 aromatic rings. The Morgan fingerprint density at radius 2 is 2.25 bits per heavy atom. The normalized spacial score (nSPS) is 12.4. The van der Waals surface area contributed by atoms with E-state index in [1.807, 2.05) is 6.07 Å². The first-order chi connectivity index (χ1) is 7.63. The molecular weight excluding hydrogens is 204 g/mol. The van der Waals surface area contributed by atoms with Gasteiger partial charge in [0.25, 0.3) is 5.69 Å². The summed E-state index contributed by atoms with van der Waals surface area (Å²) in [6, 6.07) is 7.20. The van der Waals surface area contributed by atoms with E-state index < -0.39 is 0 Å². The van der Waals surface area contributed by atoms with Crippen LogP contribution in [0.4, 0.5) is 5.69 Å². The zero-order chi connectivity index (χ0) is 12.0. The van der Waals surface area contributed by atoms with Gasteiger partial charge < -0.3 is 5.32 Å². The van der Waals surface area contributed by atoms with Crippen molar-refractivity contribution >= 4 is 5.69 Å². The highest BCUT2D eigenvalue weighted by molar-refractivity contribution is 5.34. The molecule has 1 N–H and O–H groups in total. The van der Waals surface area contributed by atoms with E-state index in [4.69, 9.17) is 0 Å². The minimum absolute atomic E-state index is 0.155. The van der Waals surface area contributed by atoms with Gasteiger partial charge in [-0.3, -0.25) is 10.1 Å². The van der Waals surface area contributed by atoms with Crippen molar-refractivity contribution in [1.29, 1.82) is 0 Å². The van der Waals surface area contributed by atoms with Gasteiger partial charge in [-0.05, 0) is 18.9 Å². The first-order valence-electron chi connectivity index (χ1n) is 5.60. The molecule has 1 aromatic carbocycles. The molecular formula is C12H18N2O2. The quantitative estimate of drug-likeness (QED) is 0.594. The highest BCUT2D eigenvalue weighted by Gasteiger charge is 2.06. The van der Waals surface area contributed by atoms with Gasteiger partial charge in [-0.2, -0.15) is 0 Å². The molecule has 0 saturated carbocycles. The molecule has 0 aliphatic rings. The number of hydrogen-bond acceptors (Lipinski definition) is 3. The summed E-state index contributed by atoms with van der Waals surface area (Å²) in [5.41, 5.74) is 1.11. The van der Waals surface area contributed by atoms with Crippen molar-refractivity contribution in [3.63, 3.8) is 0 Å². The van der Waals surface area contributed by atoms with E-state index in [2.05, 4.69) is 19.2 Å². The maximum absolute atomic E-state index is 10.6. The van der Waals surface area contributed by atoms with Crippen molar-refractivity contribution in [2.45, 2.75) is 39.3 Å². The summed E-state index contributed by atoms with van der Waals surface area (Å²) in [5, 5.41) is 13.9. The molecule has 1 unspecified atom stereocenters. The van der Waals surface area contributed by atoms with Crippen LogP contribution in [0.5, 0.6) is 0 Å². The van der Waals surface area contributed by atoms with Gasteiger partial charge in [0.1, 0.15) is 0 Å². The first-order valence-corrected chi connectivity index (χ1v) is 5.60. The molecule has 0 spiro atoms. The summed E-state index contributed by atoms with van der Waals surface area (Å²) >= 11 is 0. The van der Waals surface area contributed by atoms with Gasteiger partial charge in [-0.1, -0.05) is 25.5 Å². The zero-order valence-corrected chi connectivity index (χ0v) is 9.77. The Hall–Kier alpha value is -1.42. The minimum Gasteiger partial charge on any atom is -0.310 e. The van der Waals surface area contributed by atoms with Crippen LogP contribution in [0, 0.1) is 10.1 Å². The molecule has 0 fully saturated rings. The fourth-order valence-corrected chi connectivity index (χ4v) is 1.61. The van der Waals surface area contributed by atoms with Crippen LogP contribution in [0.2, 0.25) is 0 Å². The molecule has 0 saturated heterocycles. The number of non-ortho nitro benzene ring substituents is 1. The predicted molar refractivity (Wildman–Crippen MR) is 64.3 cm³/mol. The minimum atomic E-state index is -0.362. The second-order valence-corrected chi connectivity index (χ2v) is 4.00. The lowest BCUT2D eigenvalue weighted by atomic mass is 10.1. The van der Waals surface area contributed by atoms with Crippen LogP contribution >= 0.6 is 0 Å². The fraction of sp³-hybridized carbons (Fsp3) is 0.500. The van der Waals surface area contributed by atoms with E-state index in [0.29, 0.717) is 12.6 Å². The first kappa shape index (κ1) is 12.6. The molecule has 1 atom stereocenters. The lowest BCUT2D eigenvalue weighted by Crippen LogP contribution is -2.25. The second kappa shape index (κ2) is 6.23. The maximum Gasteiger partial charge on any atom is 0.269 e. The zero-order valence-electron chi connectivity index (χ0n) is 9.77. The van der Waals surface area contributed by atoms with Crippen LogP contribution in [0.15, 0.2) is 24.3 Å². The van der Waals surface area contributed by atoms with Gasteiger partial charge in [-0.15, -0.1) is 0 Å². The SMILES string of the molecule is CCCC(C)NCc1cccc([N+](=O)[O-])c1. The third-order valence-corrected chi connectivity index (χ3v) is 2.50. The number of nitro groups is 1. The molecule has 0 bridgehead atoms. The van der Waals surface area contributed by atoms with Crippen LogP contribution in [0.1, 0.15) is 32.3 Å². The standard InChI is InChI=1S/C12H18N2O2/c1-3-5-10(2)13-9-11-6-4-7-12(8-11)14(15)16/h4,6-8,10,13H,3,5,9H2,1-2H3. The molecule has 16 heavy (non-hydrogen) atoms. The Morgan fingerprint density at radius 1 is 1.50 bits per heavy atom. The van der Waals surface area contributed by atoms with Crippen LogP contribution in [-0.4, -0.2) is 11.0 Å². The second-order valence-electron chi connectivity index (χ2n) is 4.00. The number of hydrogen-bond donors (Lipinski definition) is 1. The third-order valence-electron chi connectivity index (χ3n) is 2.50. The van der Waals surface area contributed by atoms with Crippen molar-refractivity contribution in [2.24, 2.45) is 0 Å². The van der Waals surface area contributed by atoms with Gasteiger partial charge in [0.15, 0.2) is 0 Å². The number of nitro benzene ring substituents is 1. The average molecular weight is 222 g/mol. The largest absolute Gasteiger partial charge is 0.310 e. The monoisotopic (exact) mass is 222 g/mol. The van der Waals surface area contributed by atoms with Crippen LogP contribution in [-0.2, 0) is 6.54 Å². The average Bonchev–Trinajstić information content (AvgIpc) is 2.27. The number of nitrogens with zero attached hydrogens (tertiary/aromatic N) is 1. The van der Waals surface area contributed by atoms with Gasteiger partial charge in [0.05, 0.1) is 4.92 Å². The topological polar surface area (TPSA) is 55.2 Å². The Balaban J connectivity index is 2.54. The molecule has 0 heterocycles. The summed E-state index contributed by atoms with van der Waals surface area (Å²) in [6.45, 7) is 4.95. The molecule has 1 rings (SSSR count). The van der Waals surface area contributed by atoms with E-state index in [0.717, 1.165) is 18.4 Å². The van der Waals surface area contributed by atoms with Gasteiger partial charge >= 0.3 is 0 Å². The van der Waals surface area contributed by atoms with Crippen LogP contribution < -0.4 is 5.32 Å². The number of nitrogens with one attached hydrogen (secondary N) is 1. The van der Waals surface area contributed by atoms with Gasteiger partial charge in [0.2, 0.25) is 0 Å². The summed E-state index contributed by atoms with van der Waals surface area (Å²) in [5.74, 6) is 0. The fourth-order valence-electron chi connectivity index (χ4n) is 1.61. The van der Waals surface area contributed by atoms with Crippen LogP contribution in [0.25, 0.3) is 0 Å². The Labute approximate surface area is 95.8 Å². The summed E-state index contributed by atoms with van der Waals surface area (Å²) in [7, 11) is 0. The van der Waals surface area contributed by atoms with Gasteiger partial charge in [-0.25, -0.2) is 0 Å². The summed E-state index contributed by atoms with van der Waals surface area (Å²) < 4.78 is 0. The predicted octanol–water partition coefficient (Wildman–Crippen LogP) is 2.87. The van der Waals surface area contributed by atoms with E-state index >= 15 is 0 Å². The molecule has 4 nitrogen and oxygen atoms in total. The van der Waals surface area contributed by atoms with Gasteiger partial charge in [0, 0.05) is 24.7 Å². The Morgan fingerprint density at radius 3 is 2.88 bits per heavy atom.